The quantitative estimate of drug-likeness (QED) is 0.864. The lowest BCUT2D eigenvalue weighted by Crippen LogP contribution is -2.52. The van der Waals surface area contributed by atoms with Crippen LogP contribution < -0.4 is 10.5 Å². The van der Waals surface area contributed by atoms with E-state index < -0.39 is 10.0 Å². The summed E-state index contributed by atoms with van der Waals surface area (Å²) in [6.45, 7) is 2.67. The Morgan fingerprint density at radius 1 is 1.32 bits per heavy atom. The van der Waals surface area contributed by atoms with Gasteiger partial charge in [-0.25, -0.2) is 13.6 Å². The van der Waals surface area contributed by atoms with Gasteiger partial charge in [-0.15, -0.1) is 0 Å². The largest absolute Gasteiger partial charge is 0.375 e. The van der Waals surface area contributed by atoms with E-state index in [4.69, 9.17) is 9.88 Å². The molecule has 1 aromatic carbocycles. The Balaban J connectivity index is 1.74. The lowest BCUT2D eigenvalue weighted by Gasteiger charge is -2.31. The van der Waals surface area contributed by atoms with Gasteiger partial charge in [0.2, 0.25) is 10.0 Å². The first kappa shape index (κ1) is 15.5. The number of benzene rings is 1. The van der Waals surface area contributed by atoms with Gasteiger partial charge in [0.25, 0.3) is 5.91 Å². The van der Waals surface area contributed by atoms with Crippen LogP contribution >= 0.6 is 0 Å². The van der Waals surface area contributed by atoms with E-state index >= 15 is 0 Å². The molecule has 0 unspecified atom stereocenters. The van der Waals surface area contributed by atoms with Crippen LogP contribution in [0, 0.1) is 5.92 Å². The number of amides is 1. The van der Waals surface area contributed by atoms with E-state index in [1.165, 1.54) is 24.3 Å². The summed E-state index contributed by atoms with van der Waals surface area (Å²) in [6.07, 6.45) is 3.16. The molecular weight excluding hydrogens is 304 g/mol. The zero-order valence-corrected chi connectivity index (χ0v) is 13.2. The second-order valence-corrected chi connectivity index (χ2v) is 7.88. The van der Waals surface area contributed by atoms with E-state index in [1.807, 2.05) is 6.92 Å². The molecule has 22 heavy (non-hydrogen) atoms. The molecule has 120 valence electrons. The third-order valence-corrected chi connectivity index (χ3v) is 5.37. The molecule has 2 atom stereocenters. The second kappa shape index (κ2) is 5.33. The van der Waals surface area contributed by atoms with Crippen LogP contribution in [0.4, 0.5) is 0 Å². The summed E-state index contributed by atoms with van der Waals surface area (Å²) < 4.78 is 28.2. The molecule has 1 aliphatic heterocycles. The van der Waals surface area contributed by atoms with E-state index in [0.717, 1.165) is 19.3 Å². The average molecular weight is 324 g/mol. The molecule has 1 saturated heterocycles. The number of primary sulfonamides is 1. The fourth-order valence-electron chi connectivity index (χ4n) is 3.04. The zero-order chi connectivity index (χ0) is 16.0. The van der Waals surface area contributed by atoms with Crippen molar-refractivity contribution in [3.63, 3.8) is 0 Å². The number of nitrogens with one attached hydrogen (secondary N) is 1. The first-order chi connectivity index (χ1) is 10.3. The summed E-state index contributed by atoms with van der Waals surface area (Å²) >= 11 is 0. The Bertz CT molecular complexity index is 682. The number of carbonyl (C=O) groups is 1. The summed E-state index contributed by atoms with van der Waals surface area (Å²) in [7, 11) is -3.74. The number of rotatable bonds is 4. The molecular formula is C15H20N2O4S. The lowest BCUT2D eigenvalue weighted by molar-refractivity contribution is 0.0514. The van der Waals surface area contributed by atoms with E-state index in [0.29, 0.717) is 18.1 Å². The Morgan fingerprint density at radius 2 is 1.95 bits per heavy atom. The summed E-state index contributed by atoms with van der Waals surface area (Å²) in [5.41, 5.74) is 0.0479. The van der Waals surface area contributed by atoms with Crippen molar-refractivity contribution in [2.75, 3.05) is 6.61 Å². The van der Waals surface area contributed by atoms with Crippen molar-refractivity contribution in [3.05, 3.63) is 29.8 Å². The first-order valence-corrected chi connectivity index (χ1v) is 8.91. The van der Waals surface area contributed by atoms with Gasteiger partial charge in [-0.3, -0.25) is 4.79 Å². The molecule has 7 heteroatoms. The van der Waals surface area contributed by atoms with Crippen molar-refractivity contribution in [2.45, 2.75) is 42.7 Å². The summed E-state index contributed by atoms with van der Waals surface area (Å²) in [6, 6.07) is 5.63. The van der Waals surface area contributed by atoms with Crippen molar-refractivity contribution in [1.29, 1.82) is 0 Å². The van der Waals surface area contributed by atoms with Crippen LogP contribution in [0.2, 0.25) is 0 Å². The highest BCUT2D eigenvalue weighted by Crippen LogP contribution is 2.43. The standard InChI is InChI=1S/C15H20N2O4S/c1-15(8-9-21-13(15)10-2-3-10)17-14(18)11-4-6-12(7-5-11)22(16,19)20/h4-7,10,13H,2-3,8-9H2,1H3,(H,17,18)(H2,16,19,20)/t13-,15+/m0/s1. The molecule has 1 saturated carbocycles. The van der Waals surface area contributed by atoms with Gasteiger partial charge in [0.05, 0.1) is 16.5 Å². The van der Waals surface area contributed by atoms with Gasteiger partial charge in [-0.1, -0.05) is 0 Å². The molecule has 0 spiro atoms. The smallest absolute Gasteiger partial charge is 0.251 e. The molecule has 1 aromatic rings. The molecule has 0 radical (unpaired) electrons. The van der Waals surface area contributed by atoms with Gasteiger partial charge in [-0.2, -0.15) is 0 Å². The summed E-state index contributed by atoms with van der Waals surface area (Å²) in [5.74, 6) is 0.317. The van der Waals surface area contributed by atoms with Gasteiger partial charge < -0.3 is 10.1 Å². The predicted molar refractivity (Wildman–Crippen MR) is 80.8 cm³/mol. The molecule has 1 heterocycles. The maximum atomic E-state index is 12.4. The van der Waals surface area contributed by atoms with Crippen molar-refractivity contribution in [2.24, 2.45) is 11.1 Å². The summed E-state index contributed by atoms with van der Waals surface area (Å²) in [4.78, 5) is 12.4. The Kier molecular flexibility index (Phi) is 3.74. The van der Waals surface area contributed by atoms with E-state index in [2.05, 4.69) is 5.32 Å². The molecule has 1 amide bonds. The zero-order valence-electron chi connectivity index (χ0n) is 12.4. The Morgan fingerprint density at radius 3 is 2.50 bits per heavy atom. The number of hydrogen-bond acceptors (Lipinski definition) is 4. The monoisotopic (exact) mass is 324 g/mol. The SMILES string of the molecule is C[C@@]1(NC(=O)c2ccc(S(N)(=O)=O)cc2)CCO[C@H]1C1CC1. The van der Waals surface area contributed by atoms with Crippen molar-refractivity contribution >= 4 is 15.9 Å². The lowest BCUT2D eigenvalue weighted by atomic mass is 9.90. The Labute approximate surface area is 130 Å². The normalized spacial score (nSPS) is 28.5. The minimum atomic E-state index is -3.74. The van der Waals surface area contributed by atoms with Crippen molar-refractivity contribution in [3.8, 4) is 0 Å². The average Bonchev–Trinajstić information content (AvgIpc) is 3.21. The van der Waals surface area contributed by atoms with Crippen LogP contribution in [0.3, 0.4) is 0 Å². The van der Waals surface area contributed by atoms with E-state index in [-0.39, 0.29) is 22.4 Å². The topological polar surface area (TPSA) is 98.5 Å². The third-order valence-electron chi connectivity index (χ3n) is 4.44. The van der Waals surface area contributed by atoms with Gasteiger partial charge in [0, 0.05) is 12.2 Å². The fraction of sp³-hybridized carbons (Fsp3) is 0.533. The summed E-state index contributed by atoms with van der Waals surface area (Å²) in [5, 5.41) is 8.11. The van der Waals surface area contributed by atoms with Crippen LogP contribution in [0.1, 0.15) is 36.5 Å². The third kappa shape index (κ3) is 3.02. The molecule has 2 aliphatic rings. The van der Waals surface area contributed by atoms with Crippen molar-refractivity contribution in [1.82, 2.24) is 5.32 Å². The highest BCUT2D eigenvalue weighted by molar-refractivity contribution is 7.89. The fourth-order valence-corrected chi connectivity index (χ4v) is 3.56. The van der Waals surface area contributed by atoms with Gasteiger partial charge in [-0.05, 0) is 56.4 Å². The predicted octanol–water partition coefficient (Wildman–Crippen LogP) is 1.02. The van der Waals surface area contributed by atoms with Crippen LogP contribution in [0.15, 0.2) is 29.2 Å². The van der Waals surface area contributed by atoms with Gasteiger partial charge >= 0.3 is 0 Å². The van der Waals surface area contributed by atoms with Crippen LogP contribution in [-0.2, 0) is 14.8 Å². The molecule has 3 N–H and O–H groups in total. The molecule has 6 nitrogen and oxygen atoms in total. The van der Waals surface area contributed by atoms with Crippen molar-refractivity contribution < 1.29 is 17.9 Å². The van der Waals surface area contributed by atoms with Crippen LogP contribution in [0.5, 0.6) is 0 Å². The molecule has 0 bridgehead atoms. The van der Waals surface area contributed by atoms with E-state index in [1.54, 1.807) is 0 Å². The minimum Gasteiger partial charge on any atom is -0.375 e. The molecule has 2 fully saturated rings. The maximum Gasteiger partial charge on any atom is 0.251 e. The number of sulfonamides is 1. The van der Waals surface area contributed by atoms with Crippen LogP contribution in [-0.4, -0.2) is 32.6 Å². The Hall–Kier alpha value is -1.44. The molecule has 1 aliphatic carbocycles. The first-order valence-electron chi connectivity index (χ1n) is 7.37. The minimum absolute atomic E-state index is 0.00433. The van der Waals surface area contributed by atoms with Gasteiger partial charge in [0.15, 0.2) is 0 Å². The molecule has 0 aromatic heterocycles. The number of ether oxygens (including phenoxy) is 1. The number of hydrogen-bond donors (Lipinski definition) is 2. The maximum absolute atomic E-state index is 12.4. The van der Waals surface area contributed by atoms with Gasteiger partial charge in [0.1, 0.15) is 0 Å². The number of carbonyl (C=O) groups excluding carboxylic acids is 1. The van der Waals surface area contributed by atoms with E-state index in [9.17, 15) is 13.2 Å². The molecule has 3 rings (SSSR count). The highest BCUT2D eigenvalue weighted by Gasteiger charge is 2.49. The highest BCUT2D eigenvalue weighted by atomic mass is 32.2. The van der Waals surface area contributed by atoms with Crippen LogP contribution in [0.25, 0.3) is 0 Å². The number of nitrogens with two attached hydrogens (primary N) is 1. The second-order valence-electron chi connectivity index (χ2n) is 6.32.